The molecule has 3 aromatic heterocycles. The van der Waals surface area contributed by atoms with Gasteiger partial charge in [-0.1, -0.05) is 0 Å². The molecule has 0 bridgehead atoms. The Labute approximate surface area is 166 Å². The summed E-state index contributed by atoms with van der Waals surface area (Å²) in [5.41, 5.74) is 0.562. The van der Waals surface area contributed by atoms with E-state index in [-0.39, 0.29) is 51.3 Å². The van der Waals surface area contributed by atoms with Crippen molar-refractivity contribution in [1.29, 1.82) is 0 Å². The molecule has 3 heterocycles. The monoisotopic (exact) mass is 369 g/mol. The molecular formula is C16H13FN3NaO3S. The van der Waals surface area contributed by atoms with E-state index in [9.17, 15) is 17.6 Å². The van der Waals surface area contributed by atoms with Crippen LogP contribution in [0.4, 0.5) is 4.39 Å². The Kier molecular flexibility index (Phi) is 5.89. The first-order chi connectivity index (χ1) is 11.5. The van der Waals surface area contributed by atoms with E-state index >= 15 is 0 Å². The first-order valence-corrected chi connectivity index (χ1v) is 8.34. The predicted molar refractivity (Wildman–Crippen MR) is 91.7 cm³/mol. The molecule has 3 rings (SSSR count). The van der Waals surface area contributed by atoms with Crippen LogP contribution in [0.5, 0.6) is 0 Å². The fourth-order valence-corrected chi connectivity index (χ4v) is 3.79. The van der Waals surface area contributed by atoms with Gasteiger partial charge in [0.1, 0.15) is 4.90 Å². The number of pyridine rings is 2. The predicted octanol–water partition coefficient (Wildman–Crippen LogP) is 1.79. The van der Waals surface area contributed by atoms with Crippen LogP contribution in [0.25, 0.3) is 11.3 Å². The summed E-state index contributed by atoms with van der Waals surface area (Å²) < 4.78 is 40.8. The Balaban J connectivity index is 0.00000225. The quantitative estimate of drug-likeness (QED) is 0.398. The molecule has 6 nitrogen and oxygen atoms in total. The number of nitrogens with zero attached hydrogens (tertiary/aromatic N) is 3. The molecule has 0 spiro atoms. The van der Waals surface area contributed by atoms with Crippen molar-refractivity contribution in [3.63, 3.8) is 0 Å². The molecule has 0 fully saturated rings. The molecule has 0 radical (unpaired) electrons. The molecule has 0 aromatic carbocycles. The van der Waals surface area contributed by atoms with Crippen molar-refractivity contribution >= 4 is 45.9 Å². The van der Waals surface area contributed by atoms with Crippen molar-refractivity contribution in [1.82, 2.24) is 13.9 Å². The number of rotatable bonds is 4. The SMILES string of the molecule is Cc1c(C=O)cn(S(=O)(=O)c2cccnc2)c1-c1cccnc1F.[NaH]. The average molecular weight is 369 g/mol. The molecule has 0 aliphatic heterocycles. The van der Waals surface area contributed by atoms with E-state index in [2.05, 4.69) is 9.97 Å². The van der Waals surface area contributed by atoms with Crippen LogP contribution in [0.3, 0.4) is 0 Å². The van der Waals surface area contributed by atoms with Crippen molar-refractivity contribution in [3.8, 4) is 11.3 Å². The van der Waals surface area contributed by atoms with E-state index < -0.39 is 16.0 Å². The van der Waals surface area contributed by atoms with Gasteiger partial charge in [0.2, 0.25) is 5.95 Å². The molecule has 0 aliphatic carbocycles. The van der Waals surface area contributed by atoms with Crippen LogP contribution in [-0.2, 0) is 10.0 Å². The van der Waals surface area contributed by atoms with Gasteiger partial charge in [-0.05, 0) is 36.8 Å². The number of aromatic nitrogens is 3. The van der Waals surface area contributed by atoms with E-state index in [1.807, 2.05) is 0 Å². The molecule has 9 heteroatoms. The Morgan fingerprint density at radius 3 is 2.52 bits per heavy atom. The first-order valence-electron chi connectivity index (χ1n) is 6.90. The molecule has 0 atom stereocenters. The summed E-state index contributed by atoms with van der Waals surface area (Å²) in [5, 5.41) is 0. The third-order valence-corrected chi connectivity index (χ3v) is 5.24. The Hall–Kier alpha value is -1.87. The van der Waals surface area contributed by atoms with Crippen molar-refractivity contribution in [2.75, 3.05) is 0 Å². The van der Waals surface area contributed by atoms with Crippen molar-refractivity contribution in [2.45, 2.75) is 11.8 Å². The minimum absolute atomic E-state index is 0. The standard InChI is InChI=1S/C16H12FN3O3S.Na.H/c1-11-12(10-21)9-20(15(11)14-5-3-7-19-16(14)17)24(22,23)13-4-2-6-18-8-13;;/h2-10H,1H3;;. The zero-order valence-electron chi connectivity index (χ0n) is 12.5. The third kappa shape index (κ3) is 3.43. The van der Waals surface area contributed by atoms with Crippen LogP contribution in [0.15, 0.2) is 53.9 Å². The molecule has 0 saturated carbocycles. The summed E-state index contributed by atoms with van der Waals surface area (Å²) in [6.45, 7) is 1.56. The molecule has 124 valence electrons. The molecule has 0 unspecified atom stereocenters. The van der Waals surface area contributed by atoms with Gasteiger partial charge in [0.15, 0.2) is 6.29 Å². The zero-order valence-corrected chi connectivity index (χ0v) is 13.4. The number of halogens is 1. The van der Waals surface area contributed by atoms with Gasteiger partial charge in [-0.15, -0.1) is 0 Å². The molecule has 0 aliphatic rings. The number of aldehydes is 1. The second kappa shape index (κ2) is 7.57. The number of hydrogen-bond acceptors (Lipinski definition) is 5. The summed E-state index contributed by atoms with van der Waals surface area (Å²) in [5.74, 6) is -0.821. The summed E-state index contributed by atoms with van der Waals surface area (Å²) in [6.07, 6.45) is 5.60. The Bertz CT molecular complexity index is 1020. The van der Waals surface area contributed by atoms with Gasteiger partial charge in [0.25, 0.3) is 10.0 Å². The van der Waals surface area contributed by atoms with Gasteiger partial charge in [0, 0.05) is 30.4 Å². The topological polar surface area (TPSA) is 81.9 Å². The van der Waals surface area contributed by atoms with E-state index in [1.165, 1.54) is 49.1 Å². The fraction of sp³-hybridized carbons (Fsp3) is 0.0625. The van der Waals surface area contributed by atoms with Gasteiger partial charge in [0.05, 0.1) is 11.3 Å². The van der Waals surface area contributed by atoms with Crippen molar-refractivity contribution < 1.29 is 17.6 Å². The van der Waals surface area contributed by atoms with Crippen LogP contribution < -0.4 is 0 Å². The summed E-state index contributed by atoms with van der Waals surface area (Å²) in [4.78, 5) is 18.5. The van der Waals surface area contributed by atoms with Crippen LogP contribution in [0.2, 0.25) is 0 Å². The van der Waals surface area contributed by atoms with Crippen LogP contribution >= 0.6 is 0 Å². The summed E-state index contributed by atoms with van der Waals surface area (Å²) in [7, 11) is -4.05. The van der Waals surface area contributed by atoms with Crippen molar-refractivity contribution in [2.24, 2.45) is 0 Å². The number of hydrogen-bond donors (Lipinski definition) is 0. The van der Waals surface area contributed by atoms with Gasteiger partial charge in [-0.3, -0.25) is 9.78 Å². The molecule has 0 N–H and O–H groups in total. The van der Waals surface area contributed by atoms with E-state index in [0.29, 0.717) is 11.8 Å². The molecule has 0 saturated heterocycles. The third-order valence-electron chi connectivity index (χ3n) is 3.60. The Morgan fingerprint density at radius 1 is 1.20 bits per heavy atom. The second-order valence-electron chi connectivity index (χ2n) is 5.01. The fourth-order valence-electron chi connectivity index (χ4n) is 2.39. The Morgan fingerprint density at radius 2 is 1.92 bits per heavy atom. The van der Waals surface area contributed by atoms with E-state index in [1.54, 1.807) is 6.92 Å². The maximum atomic E-state index is 14.1. The van der Waals surface area contributed by atoms with E-state index in [0.717, 1.165) is 3.97 Å². The summed E-state index contributed by atoms with van der Waals surface area (Å²) in [6, 6.07) is 5.76. The first kappa shape index (κ1) is 19.5. The summed E-state index contributed by atoms with van der Waals surface area (Å²) >= 11 is 0. The molecule has 3 aromatic rings. The van der Waals surface area contributed by atoms with E-state index in [4.69, 9.17) is 0 Å². The average Bonchev–Trinajstić information content (AvgIpc) is 2.93. The van der Waals surface area contributed by atoms with Gasteiger partial charge < -0.3 is 0 Å². The van der Waals surface area contributed by atoms with Crippen LogP contribution in [0, 0.1) is 12.9 Å². The number of carbonyl (C=O) groups is 1. The molecule has 0 amide bonds. The maximum absolute atomic E-state index is 14.1. The van der Waals surface area contributed by atoms with Crippen LogP contribution in [0.1, 0.15) is 15.9 Å². The van der Waals surface area contributed by atoms with Crippen molar-refractivity contribution in [3.05, 3.63) is 66.1 Å². The van der Waals surface area contributed by atoms with Gasteiger partial charge in [-0.25, -0.2) is 17.4 Å². The minimum atomic E-state index is -4.05. The van der Waals surface area contributed by atoms with Gasteiger partial charge >= 0.3 is 29.6 Å². The molecule has 25 heavy (non-hydrogen) atoms. The normalized spacial score (nSPS) is 11.0. The van der Waals surface area contributed by atoms with Gasteiger partial charge in [-0.2, -0.15) is 4.39 Å². The second-order valence-corrected chi connectivity index (χ2v) is 6.82. The molecular weight excluding hydrogens is 356 g/mol. The number of carbonyl (C=O) groups excluding carboxylic acids is 1. The van der Waals surface area contributed by atoms with Crippen LogP contribution in [-0.4, -0.2) is 58.2 Å². The zero-order chi connectivity index (χ0) is 17.3.